The third-order valence-corrected chi connectivity index (χ3v) is 5.12. The van der Waals surface area contributed by atoms with Crippen LogP contribution in [0.25, 0.3) is 21.9 Å². The molecule has 0 saturated carbocycles. The summed E-state index contributed by atoms with van der Waals surface area (Å²) >= 11 is 3.69. The summed E-state index contributed by atoms with van der Waals surface area (Å²) in [5.74, 6) is 1.86. The molecule has 3 heterocycles. The molecule has 22 heavy (non-hydrogen) atoms. The van der Waals surface area contributed by atoms with Crippen molar-refractivity contribution in [3.05, 3.63) is 33.7 Å². The van der Waals surface area contributed by atoms with Gasteiger partial charge >= 0.3 is 0 Å². The number of nitrogens with zero attached hydrogens (tertiary/aromatic N) is 1. The molecule has 4 rings (SSSR count). The van der Waals surface area contributed by atoms with E-state index in [0.29, 0.717) is 0 Å². The van der Waals surface area contributed by atoms with E-state index < -0.39 is 0 Å². The van der Waals surface area contributed by atoms with E-state index in [2.05, 4.69) is 38.3 Å². The maximum Gasteiger partial charge on any atom is 0.149 e. The number of nitrogens with one attached hydrogen (secondary N) is 1. The third-order valence-electron chi connectivity index (χ3n) is 4.34. The highest BCUT2D eigenvalue weighted by Gasteiger charge is 2.21. The molecule has 1 aliphatic heterocycles. The molecule has 1 aliphatic rings. The van der Waals surface area contributed by atoms with E-state index in [9.17, 15) is 0 Å². The quantitative estimate of drug-likeness (QED) is 0.748. The van der Waals surface area contributed by atoms with Gasteiger partial charge in [0.1, 0.15) is 22.7 Å². The topological polar surface area (TPSA) is 41.5 Å². The number of benzene rings is 1. The Morgan fingerprint density at radius 1 is 1.05 bits per heavy atom. The van der Waals surface area contributed by atoms with Crippen LogP contribution in [0, 0.1) is 13.8 Å². The van der Waals surface area contributed by atoms with E-state index in [-0.39, 0.29) is 0 Å². The van der Waals surface area contributed by atoms with E-state index in [0.717, 1.165) is 70.7 Å². The summed E-state index contributed by atoms with van der Waals surface area (Å²) in [4.78, 5) is 2.47. The van der Waals surface area contributed by atoms with Gasteiger partial charge in [-0.25, -0.2) is 0 Å². The van der Waals surface area contributed by atoms with Crippen LogP contribution in [0.1, 0.15) is 17.1 Å². The van der Waals surface area contributed by atoms with E-state index in [1.54, 1.807) is 0 Å². The highest BCUT2D eigenvalue weighted by Crippen LogP contribution is 2.40. The van der Waals surface area contributed by atoms with Crippen LogP contribution in [-0.2, 0) is 6.54 Å². The SMILES string of the molecule is Cc1cc2c(CN3CCNCC3)c3oc(C)cc3c(Br)c2o1. The molecule has 3 aromatic rings. The summed E-state index contributed by atoms with van der Waals surface area (Å²) in [6, 6.07) is 4.20. The Bertz CT molecular complexity index is 786. The first-order valence-electron chi connectivity index (χ1n) is 7.67. The second-order valence-electron chi connectivity index (χ2n) is 6.02. The van der Waals surface area contributed by atoms with Gasteiger partial charge in [0.2, 0.25) is 0 Å². The minimum Gasteiger partial charge on any atom is -0.461 e. The second-order valence-corrected chi connectivity index (χ2v) is 6.81. The zero-order valence-corrected chi connectivity index (χ0v) is 14.4. The molecule has 0 bridgehead atoms. The normalized spacial score (nSPS) is 16.9. The summed E-state index contributed by atoms with van der Waals surface area (Å²) in [6.45, 7) is 9.11. The molecule has 0 atom stereocenters. The molecule has 1 saturated heterocycles. The molecule has 4 nitrogen and oxygen atoms in total. The molecular weight excluding hydrogens is 344 g/mol. The van der Waals surface area contributed by atoms with Gasteiger partial charge in [-0.2, -0.15) is 0 Å². The molecule has 0 aliphatic carbocycles. The van der Waals surface area contributed by atoms with Gasteiger partial charge in [0.15, 0.2) is 0 Å². The summed E-state index contributed by atoms with van der Waals surface area (Å²) in [6.07, 6.45) is 0. The molecule has 0 unspecified atom stereocenters. The number of hydrogen-bond acceptors (Lipinski definition) is 4. The van der Waals surface area contributed by atoms with E-state index >= 15 is 0 Å². The van der Waals surface area contributed by atoms with Gasteiger partial charge in [-0.3, -0.25) is 4.90 Å². The van der Waals surface area contributed by atoms with Gasteiger partial charge in [-0.1, -0.05) is 0 Å². The van der Waals surface area contributed by atoms with Gasteiger partial charge in [-0.05, 0) is 41.9 Å². The van der Waals surface area contributed by atoms with Crippen molar-refractivity contribution in [1.82, 2.24) is 10.2 Å². The lowest BCUT2D eigenvalue weighted by molar-refractivity contribution is 0.234. The van der Waals surface area contributed by atoms with Crippen molar-refractivity contribution < 1.29 is 8.83 Å². The van der Waals surface area contributed by atoms with Crippen molar-refractivity contribution in [1.29, 1.82) is 0 Å². The number of halogens is 1. The van der Waals surface area contributed by atoms with Gasteiger partial charge in [0.25, 0.3) is 0 Å². The predicted octanol–water partition coefficient (Wildman–Crippen LogP) is 3.96. The van der Waals surface area contributed by atoms with Gasteiger partial charge < -0.3 is 14.2 Å². The van der Waals surface area contributed by atoms with Gasteiger partial charge in [0, 0.05) is 49.1 Å². The average molecular weight is 363 g/mol. The first-order chi connectivity index (χ1) is 10.6. The maximum atomic E-state index is 6.02. The molecular formula is C17H19BrN2O2. The number of aryl methyl sites for hydroxylation is 2. The van der Waals surface area contributed by atoms with Crippen LogP contribution < -0.4 is 5.32 Å². The molecule has 5 heteroatoms. The van der Waals surface area contributed by atoms with E-state index in [1.807, 2.05) is 13.8 Å². The molecule has 116 valence electrons. The van der Waals surface area contributed by atoms with Crippen LogP contribution in [0.5, 0.6) is 0 Å². The number of rotatable bonds is 2. The zero-order chi connectivity index (χ0) is 15.3. The third kappa shape index (κ3) is 2.28. The Balaban J connectivity index is 1.93. The zero-order valence-electron chi connectivity index (χ0n) is 12.8. The van der Waals surface area contributed by atoms with Crippen LogP contribution in [0.2, 0.25) is 0 Å². The van der Waals surface area contributed by atoms with Crippen molar-refractivity contribution >= 4 is 37.9 Å². The number of hydrogen-bond donors (Lipinski definition) is 1. The molecule has 0 spiro atoms. The van der Waals surface area contributed by atoms with E-state index in [1.165, 1.54) is 5.56 Å². The van der Waals surface area contributed by atoms with Crippen molar-refractivity contribution in [2.75, 3.05) is 26.2 Å². The number of furan rings is 2. The van der Waals surface area contributed by atoms with Crippen LogP contribution in [0.4, 0.5) is 0 Å². The maximum absolute atomic E-state index is 6.02. The lowest BCUT2D eigenvalue weighted by atomic mass is 10.1. The van der Waals surface area contributed by atoms with Gasteiger partial charge in [0.05, 0.1) is 4.47 Å². The Hall–Kier alpha value is -1.30. The minimum atomic E-state index is 0.897. The lowest BCUT2D eigenvalue weighted by Crippen LogP contribution is -2.42. The average Bonchev–Trinajstić information content (AvgIpc) is 3.08. The van der Waals surface area contributed by atoms with Crippen LogP contribution >= 0.6 is 15.9 Å². The summed E-state index contributed by atoms with van der Waals surface area (Å²) in [5, 5.41) is 5.66. The number of piperazine rings is 1. The fraction of sp³-hybridized carbons (Fsp3) is 0.412. The molecule has 1 fully saturated rings. The van der Waals surface area contributed by atoms with Crippen LogP contribution in [0.15, 0.2) is 25.4 Å². The summed E-state index contributed by atoms with van der Waals surface area (Å²) in [7, 11) is 0. The Morgan fingerprint density at radius 2 is 1.68 bits per heavy atom. The lowest BCUT2D eigenvalue weighted by Gasteiger charge is -2.27. The Labute approximate surface area is 137 Å². The minimum absolute atomic E-state index is 0.897. The van der Waals surface area contributed by atoms with Gasteiger partial charge in [-0.15, -0.1) is 0 Å². The largest absolute Gasteiger partial charge is 0.461 e. The van der Waals surface area contributed by atoms with Crippen molar-refractivity contribution in [3.8, 4) is 0 Å². The van der Waals surface area contributed by atoms with Crippen molar-refractivity contribution in [2.45, 2.75) is 20.4 Å². The van der Waals surface area contributed by atoms with Crippen LogP contribution in [0.3, 0.4) is 0 Å². The summed E-state index contributed by atoms with van der Waals surface area (Å²) < 4.78 is 12.9. The highest BCUT2D eigenvalue weighted by molar-refractivity contribution is 9.10. The fourth-order valence-corrected chi connectivity index (χ4v) is 3.89. The molecule has 0 amide bonds. The highest BCUT2D eigenvalue weighted by atomic mass is 79.9. The Kier molecular flexibility index (Phi) is 3.51. The second kappa shape index (κ2) is 5.41. The first-order valence-corrected chi connectivity index (χ1v) is 8.46. The Morgan fingerprint density at radius 3 is 2.41 bits per heavy atom. The van der Waals surface area contributed by atoms with Crippen molar-refractivity contribution in [3.63, 3.8) is 0 Å². The molecule has 2 aromatic heterocycles. The fourth-order valence-electron chi connectivity index (χ4n) is 3.30. The first kappa shape index (κ1) is 14.3. The summed E-state index contributed by atoms with van der Waals surface area (Å²) in [5.41, 5.74) is 3.15. The molecule has 1 aromatic carbocycles. The number of fused-ring (bicyclic) bond motifs is 2. The molecule has 1 N–H and O–H groups in total. The monoisotopic (exact) mass is 362 g/mol. The van der Waals surface area contributed by atoms with E-state index in [4.69, 9.17) is 8.83 Å². The standard InChI is InChI=1S/C17H19BrN2O2/c1-10-7-12-14(9-20-5-3-19-4-6-20)16-13(8-11(2)21-16)15(18)17(12)22-10/h7-8,19H,3-6,9H2,1-2H3. The van der Waals surface area contributed by atoms with Crippen molar-refractivity contribution in [2.24, 2.45) is 0 Å². The van der Waals surface area contributed by atoms with Crippen LogP contribution in [-0.4, -0.2) is 31.1 Å². The predicted molar refractivity (Wildman–Crippen MR) is 91.3 cm³/mol. The smallest absolute Gasteiger partial charge is 0.149 e. The molecule has 0 radical (unpaired) electrons.